The van der Waals surface area contributed by atoms with Crippen LogP contribution < -0.4 is 20.1 Å². The number of rotatable bonds is 5. The van der Waals surface area contributed by atoms with E-state index in [1.807, 2.05) is 18.2 Å². The number of amides is 2. The van der Waals surface area contributed by atoms with Crippen LogP contribution in [0.4, 0.5) is 29.5 Å². The van der Waals surface area contributed by atoms with E-state index >= 15 is 0 Å². The Labute approximate surface area is 170 Å². The van der Waals surface area contributed by atoms with Crippen molar-refractivity contribution in [1.82, 2.24) is 10.2 Å². The van der Waals surface area contributed by atoms with E-state index in [-0.39, 0.29) is 11.5 Å². The normalized spacial score (nSPS) is 11.1. The number of H-pyrrole nitrogens is 1. The number of alkyl halides is 3. The summed E-state index contributed by atoms with van der Waals surface area (Å²) in [5, 5.41) is 12.0. The number of ether oxygens (including phenoxy) is 2. The fourth-order valence-electron chi connectivity index (χ4n) is 2.91. The van der Waals surface area contributed by atoms with Gasteiger partial charge in [-0.05, 0) is 31.2 Å². The highest BCUT2D eigenvalue weighted by molar-refractivity contribution is 6.00. The Morgan fingerprint density at radius 2 is 1.73 bits per heavy atom. The third-order valence-electron chi connectivity index (χ3n) is 4.38. The van der Waals surface area contributed by atoms with Gasteiger partial charge < -0.3 is 14.8 Å². The van der Waals surface area contributed by atoms with Gasteiger partial charge in [-0.3, -0.25) is 10.4 Å². The van der Waals surface area contributed by atoms with Crippen molar-refractivity contribution in [3.05, 3.63) is 53.6 Å². The molecule has 1 aromatic heterocycles. The molecule has 158 valence electrons. The van der Waals surface area contributed by atoms with E-state index in [1.165, 1.54) is 0 Å². The molecule has 0 saturated heterocycles. The Balaban J connectivity index is 1.77. The van der Waals surface area contributed by atoms with Gasteiger partial charge in [0.25, 0.3) is 0 Å². The van der Waals surface area contributed by atoms with Gasteiger partial charge in [-0.2, -0.15) is 18.3 Å². The molecule has 0 atom stereocenters. The molecule has 0 aliphatic carbocycles. The molecule has 2 aromatic carbocycles. The zero-order chi connectivity index (χ0) is 21.9. The number of halogens is 3. The number of anilines is 2. The zero-order valence-electron chi connectivity index (χ0n) is 16.3. The molecule has 0 unspecified atom stereocenters. The van der Waals surface area contributed by atoms with Gasteiger partial charge in [-0.15, -0.1) is 0 Å². The first kappa shape index (κ1) is 21.0. The van der Waals surface area contributed by atoms with Crippen LogP contribution in [0.3, 0.4) is 0 Å². The summed E-state index contributed by atoms with van der Waals surface area (Å²) in [5.41, 5.74) is 1.31. The minimum Gasteiger partial charge on any atom is -0.496 e. The van der Waals surface area contributed by atoms with Crippen LogP contribution in [0, 0.1) is 6.92 Å². The number of hydrogen-bond acceptors (Lipinski definition) is 4. The van der Waals surface area contributed by atoms with Crippen molar-refractivity contribution < 1.29 is 27.4 Å². The minimum atomic E-state index is -4.56. The molecule has 1 heterocycles. The van der Waals surface area contributed by atoms with Crippen LogP contribution >= 0.6 is 0 Å². The Morgan fingerprint density at radius 1 is 1.03 bits per heavy atom. The second kappa shape index (κ2) is 8.36. The van der Waals surface area contributed by atoms with E-state index in [0.29, 0.717) is 17.0 Å². The van der Waals surface area contributed by atoms with Gasteiger partial charge in [0.05, 0.1) is 25.5 Å². The summed E-state index contributed by atoms with van der Waals surface area (Å²) in [6.45, 7) is 1.77. The number of aromatic nitrogens is 2. The highest BCUT2D eigenvalue weighted by atomic mass is 19.4. The molecule has 0 radical (unpaired) electrons. The highest BCUT2D eigenvalue weighted by Crippen LogP contribution is 2.37. The molecule has 0 spiro atoms. The van der Waals surface area contributed by atoms with Gasteiger partial charge in [0.2, 0.25) is 0 Å². The lowest BCUT2D eigenvalue weighted by atomic mass is 10.1. The monoisotopic (exact) mass is 420 g/mol. The van der Waals surface area contributed by atoms with Gasteiger partial charge in [-0.1, -0.05) is 12.1 Å². The van der Waals surface area contributed by atoms with Crippen LogP contribution in [0.2, 0.25) is 0 Å². The summed E-state index contributed by atoms with van der Waals surface area (Å²) in [6, 6.07) is 9.73. The first-order chi connectivity index (χ1) is 14.2. The summed E-state index contributed by atoms with van der Waals surface area (Å²) in [5.74, 6) is 0.513. The van der Waals surface area contributed by atoms with Gasteiger partial charge in [0, 0.05) is 22.9 Å². The molecule has 0 fully saturated rings. The molecule has 0 aliphatic rings. The second-order valence-corrected chi connectivity index (χ2v) is 6.26. The molecule has 0 bridgehead atoms. The van der Waals surface area contributed by atoms with E-state index in [1.54, 1.807) is 20.1 Å². The van der Waals surface area contributed by atoms with Crippen LogP contribution in [-0.4, -0.2) is 30.4 Å². The number of nitrogens with one attached hydrogen (secondary N) is 3. The number of para-hydroxylation sites is 1. The molecule has 3 aromatic rings. The number of carbonyl (C=O) groups is 1. The van der Waals surface area contributed by atoms with Crippen molar-refractivity contribution in [2.75, 3.05) is 24.9 Å². The van der Waals surface area contributed by atoms with E-state index in [4.69, 9.17) is 9.47 Å². The largest absolute Gasteiger partial charge is 0.496 e. The predicted molar refractivity (Wildman–Crippen MR) is 106 cm³/mol. The minimum absolute atomic E-state index is 0.135. The van der Waals surface area contributed by atoms with Gasteiger partial charge in [0.1, 0.15) is 11.5 Å². The number of aromatic amines is 1. The summed E-state index contributed by atoms with van der Waals surface area (Å²) in [4.78, 5) is 12.3. The van der Waals surface area contributed by atoms with E-state index in [9.17, 15) is 18.0 Å². The van der Waals surface area contributed by atoms with Crippen molar-refractivity contribution in [1.29, 1.82) is 0 Å². The predicted octanol–water partition coefficient (Wildman–Crippen LogP) is 5.07. The topological polar surface area (TPSA) is 88.3 Å². The van der Waals surface area contributed by atoms with Crippen molar-refractivity contribution in [2.45, 2.75) is 13.1 Å². The van der Waals surface area contributed by atoms with Crippen molar-refractivity contribution in [3.8, 4) is 22.8 Å². The smallest absolute Gasteiger partial charge is 0.419 e. The fraction of sp³-hybridized carbons (Fsp3) is 0.200. The molecule has 2 amide bonds. The number of methoxy groups -OCH3 is 2. The van der Waals surface area contributed by atoms with Crippen molar-refractivity contribution in [3.63, 3.8) is 0 Å². The number of hydrogen-bond donors (Lipinski definition) is 3. The molecular formula is C20H19F3N4O3. The van der Waals surface area contributed by atoms with Crippen LogP contribution in [0.1, 0.15) is 11.1 Å². The van der Waals surface area contributed by atoms with Gasteiger partial charge in [-0.25, -0.2) is 4.79 Å². The summed E-state index contributed by atoms with van der Waals surface area (Å²) in [6.07, 6.45) is -4.56. The molecule has 3 N–H and O–H groups in total. The zero-order valence-corrected chi connectivity index (χ0v) is 16.3. The fourth-order valence-corrected chi connectivity index (χ4v) is 2.91. The summed E-state index contributed by atoms with van der Waals surface area (Å²) < 4.78 is 49.0. The molecule has 0 aliphatic heterocycles. The molecule has 0 saturated carbocycles. The van der Waals surface area contributed by atoms with E-state index in [0.717, 1.165) is 30.9 Å². The lowest BCUT2D eigenvalue weighted by Crippen LogP contribution is -2.20. The van der Waals surface area contributed by atoms with Gasteiger partial charge in [0.15, 0.2) is 5.82 Å². The Hall–Kier alpha value is -3.69. The molecule has 30 heavy (non-hydrogen) atoms. The molecular weight excluding hydrogens is 401 g/mol. The van der Waals surface area contributed by atoms with Crippen LogP contribution in [0.25, 0.3) is 11.3 Å². The lowest BCUT2D eigenvalue weighted by molar-refractivity contribution is -0.138. The maximum absolute atomic E-state index is 13.0. The molecule has 7 nitrogen and oxygen atoms in total. The van der Waals surface area contributed by atoms with E-state index < -0.39 is 23.5 Å². The Kier molecular flexibility index (Phi) is 5.86. The molecule has 3 rings (SSSR count). The quantitative estimate of drug-likeness (QED) is 0.538. The standard InChI is InChI=1S/C20H19F3N4O3/c1-11-17(13-6-4-5-7-15(13)29-2)26-27-18(11)25-19(28)24-12-8-9-14(20(21,22)23)16(10-12)30-3/h4-10H,1-3H3,(H3,24,25,26,27,28). The first-order valence-electron chi connectivity index (χ1n) is 8.76. The second-order valence-electron chi connectivity index (χ2n) is 6.26. The SMILES string of the molecule is COc1ccccc1-c1[nH]nc(NC(=O)Nc2ccc(C(F)(F)F)c(OC)c2)c1C. The van der Waals surface area contributed by atoms with Gasteiger partial charge >= 0.3 is 12.2 Å². The third kappa shape index (κ3) is 4.32. The molecule has 10 heteroatoms. The van der Waals surface area contributed by atoms with Crippen LogP contribution in [0.15, 0.2) is 42.5 Å². The highest BCUT2D eigenvalue weighted by Gasteiger charge is 2.34. The number of nitrogens with zero attached hydrogens (tertiary/aromatic N) is 1. The van der Waals surface area contributed by atoms with Crippen molar-refractivity contribution >= 4 is 17.5 Å². The van der Waals surface area contributed by atoms with Crippen LogP contribution in [-0.2, 0) is 6.18 Å². The first-order valence-corrected chi connectivity index (χ1v) is 8.76. The van der Waals surface area contributed by atoms with Crippen LogP contribution in [0.5, 0.6) is 11.5 Å². The average molecular weight is 420 g/mol. The van der Waals surface area contributed by atoms with E-state index in [2.05, 4.69) is 20.8 Å². The Bertz CT molecular complexity index is 1060. The third-order valence-corrected chi connectivity index (χ3v) is 4.38. The maximum Gasteiger partial charge on any atom is 0.419 e. The average Bonchev–Trinajstić information content (AvgIpc) is 3.06. The van der Waals surface area contributed by atoms with Crippen molar-refractivity contribution in [2.24, 2.45) is 0 Å². The lowest BCUT2D eigenvalue weighted by Gasteiger charge is -2.14. The number of benzene rings is 2. The number of urea groups is 1. The number of carbonyl (C=O) groups excluding carboxylic acids is 1. The summed E-state index contributed by atoms with van der Waals surface area (Å²) >= 11 is 0. The summed E-state index contributed by atoms with van der Waals surface area (Å²) in [7, 11) is 2.68. The Morgan fingerprint density at radius 3 is 2.40 bits per heavy atom. The maximum atomic E-state index is 13.0.